The molecule has 0 spiro atoms. The number of alkyl halides is 3. The van der Waals surface area contributed by atoms with E-state index in [0.29, 0.717) is 17.9 Å². The highest BCUT2D eigenvalue weighted by Gasteiger charge is 2.33. The van der Waals surface area contributed by atoms with Gasteiger partial charge in [0.05, 0.1) is 24.8 Å². The number of rotatable bonds is 6. The maximum atomic E-state index is 13.5. The van der Waals surface area contributed by atoms with Crippen LogP contribution in [0.15, 0.2) is 36.4 Å². The minimum atomic E-state index is -5.06. The van der Waals surface area contributed by atoms with Crippen LogP contribution in [0.25, 0.3) is 11.4 Å². The molecule has 2 aromatic carbocycles. The molecule has 0 aliphatic heterocycles. The highest BCUT2D eigenvalue weighted by molar-refractivity contribution is 5.96. The van der Waals surface area contributed by atoms with Gasteiger partial charge in [-0.3, -0.25) is 9.89 Å². The number of nitrogens with zero attached hydrogens (tertiary/aromatic N) is 2. The summed E-state index contributed by atoms with van der Waals surface area (Å²) in [5.41, 5.74) is -0.386. The molecule has 158 valence electrons. The second-order valence-corrected chi connectivity index (χ2v) is 5.82. The predicted octanol–water partition coefficient (Wildman–Crippen LogP) is 3.59. The van der Waals surface area contributed by atoms with Gasteiger partial charge in [-0.2, -0.15) is 5.10 Å². The highest BCUT2D eigenvalue weighted by Crippen LogP contribution is 2.29. The Kier molecular flexibility index (Phi) is 5.85. The minimum absolute atomic E-state index is 0.0411. The molecule has 0 fully saturated rings. The van der Waals surface area contributed by atoms with Gasteiger partial charge in [0.15, 0.2) is 11.6 Å². The molecular weight excluding hydrogens is 415 g/mol. The molecule has 3 rings (SSSR count). The molecule has 1 amide bonds. The van der Waals surface area contributed by atoms with E-state index in [4.69, 9.17) is 4.74 Å². The van der Waals surface area contributed by atoms with Crippen LogP contribution in [0.3, 0.4) is 0 Å². The normalized spacial score (nSPS) is 11.3. The van der Waals surface area contributed by atoms with Crippen LogP contribution in [0, 0.1) is 11.6 Å². The summed E-state index contributed by atoms with van der Waals surface area (Å²) in [4.78, 5) is 16.3. The van der Waals surface area contributed by atoms with E-state index in [2.05, 4.69) is 25.2 Å². The fraction of sp³-hybridized carbons (Fsp3) is 0.167. The molecule has 1 aromatic heterocycles. The summed E-state index contributed by atoms with van der Waals surface area (Å²) in [5, 5.41) is 8.67. The number of amides is 1. The van der Waals surface area contributed by atoms with Gasteiger partial charge in [-0.15, -0.1) is 13.2 Å². The van der Waals surface area contributed by atoms with Crippen LogP contribution in [0.5, 0.6) is 11.5 Å². The smallest absolute Gasteiger partial charge is 0.496 e. The Morgan fingerprint density at radius 2 is 1.77 bits per heavy atom. The first kappa shape index (κ1) is 21.0. The van der Waals surface area contributed by atoms with Gasteiger partial charge in [0.1, 0.15) is 23.1 Å². The van der Waals surface area contributed by atoms with Crippen molar-refractivity contribution in [2.75, 3.05) is 7.11 Å². The van der Waals surface area contributed by atoms with Crippen LogP contribution in [0.4, 0.5) is 22.0 Å². The molecule has 0 unspecified atom stereocenters. The number of halogens is 5. The van der Waals surface area contributed by atoms with Gasteiger partial charge in [0.2, 0.25) is 0 Å². The van der Waals surface area contributed by atoms with Crippen LogP contribution in [0.1, 0.15) is 16.2 Å². The topological polar surface area (TPSA) is 89.1 Å². The molecule has 0 bridgehead atoms. The molecule has 0 saturated carbocycles. The Hall–Kier alpha value is -3.70. The molecule has 0 saturated heterocycles. The van der Waals surface area contributed by atoms with Crippen LogP contribution in [0.2, 0.25) is 0 Å². The summed E-state index contributed by atoms with van der Waals surface area (Å²) < 4.78 is 73.2. The van der Waals surface area contributed by atoms with Crippen LogP contribution >= 0.6 is 0 Å². The second kappa shape index (κ2) is 8.35. The fourth-order valence-electron chi connectivity index (χ4n) is 2.51. The first-order chi connectivity index (χ1) is 14.2. The monoisotopic (exact) mass is 428 g/mol. The maximum Gasteiger partial charge on any atom is 0.573 e. The van der Waals surface area contributed by atoms with Crippen molar-refractivity contribution < 1.29 is 36.2 Å². The number of benzene rings is 2. The first-order valence-corrected chi connectivity index (χ1v) is 8.25. The zero-order valence-corrected chi connectivity index (χ0v) is 15.2. The lowest BCUT2D eigenvalue weighted by Gasteiger charge is -2.13. The number of nitrogens with one attached hydrogen (secondary N) is 2. The summed E-state index contributed by atoms with van der Waals surface area (Å²) in [6.45, 7) is -0.311. The van der Waals surface area contributed by atoms with Crippen molar-refractivity contribution in [3.05, 3.63) is 59.4 Å². The number of aromatic amines is 1. The quantitative estimate of drug-likeness (QED) is 0.586. The minimum Gasteiger partial charge on any atom is -0.496 e. The van der Waals surface area contributed by atoms with Gasteiger partial charge in [-0.05, 0) is 36.4 Å². The van der Waals surface area contributed by atoms with Gasteiger partial charge >= 0.3 is 6.36 Å². The van der Waals surface area contributed by atoms with Gasteiger partial charge in [-0.1, -0.05) is 0 Å². The van der Waals surface area contributed by atoms with Crippen molar-refractivity contribution in [1.82, 2.24) is 20.5 Å². The van der Waals surface area contributed by atoms with E-state index in [0.717, 1.165) is 12.1 Å². The van der Waals surface area contributed by atoms with Crippen molar-refractivity contribution in [1.29, 1.82) is 0 Å². The SMILES string of the molecule is COc1ccc(F)cc1-c1nc(CNC(=O)c2cc(F)ccc2OC(F)(F)F)n[nH]1. The summed E-state index contributed by atoms with van der Waals surface area (Å²) >= 11 is 0. The van der Waals surface area contributed by atoms with Crippen molar-refractivity contribution in [3.63, 3.8) is 0 Å². The summed E-state index contributed by atoms with van der Waals surface area (Å²) in [5.74, 6) is -2.86. The van der Waals surface area contributed by atoms with Crippen LogP contribution in [-0.4, -0.2) is 34.6 Å². The maximum absolute atomic E-state index is 13.5. The number of hydrogen-bond donors (Lipinski definition) is 2. The van der Waals surface area contributed by atoms with E-state index < -0.39 is 35.2 Å². The number of carbonyl (C=O) groups is 1. The molecule has 7 nitrogen and oxygen atoms in total. The summed E-state index contributed by atoms with van der Waals surface area (Å²) in [6, 6.07) is 5.78. The summed E-state index contributed by atoms with van der Waals surface area (Å²) in [7, 11) is 1.38. The average molecular weight is 428 g/mol. The zero-order chi connectivity index (χ0) is 21.9. The number of carbonyl (C=O) groups excluding carboxylic acids is 1. The Labute approximate surface area is 165 Å². The van der Waals surface area contributed by atoms with E-state index in [1.165, 1.54) is 19.2 Å². The van der Waals surface area contributed by atoms with E-state index in [1.807, 2.05) is 0 Å². The lowest BCUT2D eigenvalue weighted by Crippen LogP contribution is -2.26. The number of hydrogen-bond acceptors (Lipinski definition) is 5. The van der Waals surface area contributed by atoms with Crippen molar-refractivity contribution in [2.45, 2.75) is 12.9 Å². The predicted molar refractivity (Wildman–Crippen MR) is 92.6 cm³/mol. The molecule has 3 aromatic rings. The van der Waals surface area contributed by atoms with E-state index in [-0.39, 0.29) is 23.8 Å². The Balaban J connectivity index is 1.76. The molecule has 2 N–H and O–H groups in total. The molecule has 0 aliphatic rings. The Bertz CT molecular complexity index is 1070. The number of aromatic nitrogens is 3. The molecule has 1 heterocycles. The van der Waals surface area contributed by atoms with Gasteiger partial charge in [0.25, 0.3) is 5.91 Å². The number of H-pyrrole nitrogens is 1. The Morgan fingerprint density at radius 3 is 2.43 bits per heavy atom. The third-order valence-corrected chi connectivity index (χ3v) is 3.77. The molecule has 0 atom stereocenters. The first-order valence-electron chi connectivity index (χ1n) is 8.25. The van der Waals surface area contributed by atoms with Crippen molar-refractivity contribution in [3.8, 4) is 22.9 Å². The van der Waals surface area contributed by atoms with Gasteiger partial charge in [0, 0.05) is 0 Å². The highest BCUT2D eigenvalue weighted by atomic mass is 19.4. The van der Waals surface area contributed by atoms with E-state index in [1.54, 1.807) is 0 Å². The molecule has 30 heavy (non-hydrogen) atoms. The lowest BCUT2D eigenvalue weighted by molar-refractivity contribution is -0.274. The van der Waals surface area contributed by atoms with E-state index in [9.17, 15) is 26.7 Å². The third kappa shape index (κ3) is 5.01. The summed E-state index contributed by atoms with van der Waals surface area (Å²) in [6.07, 6.45) is -5.06. The van der Waals surface area contributed by atoms with Gasteiger partial charge in [-0.25, -0.2) is 13.8 Å². The van der Waals surface area contributed by atoms with E-state index >= 15 is 0 Å². The Morgan fingerprint density at radius 1 is 1.10 bits per heavy atom. The largest absolute Gasteiger partial charge is 0.573 e. The number of methoxy groups -OCH3 is 1. The second-order valence-electron chi connectivity index (χ2n) is 5.82. The average Bonchev–Trinajstić information content (AvgIpc) is 3.15. The lowest BCUT2D eigenvalue weighted by atomic mass is 10.2. The number of ether oxygens (including phenoxy) is 2. The zero-order valence-electron chi connectivity index (χ0n) is 15.2. The van der Waals surface area contributed by atoms with Crippen LogP contribution < -0.4 is 14.8 Å². The van der Waals surface area contributed by atoms with Crippen LogP contribution in [-0.2, 0) is 6.54 Å². The molecule has 0 radical (unpaired) electrons. The molecule has 0 aliphatic carbocycles. The molecule has 12 heteroatoms. The standard InChI is InChI=1S/C18H13F5N4O3/c1-29-13-4-2-9(19)6-11(13)16-25-15(26-27-16)8-24-17(28)12-7-10(20)3-5-14(12)30-18(21,22)23/h2-7H,8H2,1H3,(H,24,28)(H,25,26,27). The van der Waals surface area contributed by atoms with Crippen molar-refractivity contribution >= 4 is 5.91 Å². The van der Waals surface area contributed by atoms with Gasteiger partial charge < -0.3 is 14.8 Å². The molecular formula is C18H13F5N4O3. The third-order valence-electron chi connectivity index (χ3n) is 3.77. The van der Waals surface area contributed by atoms with Crippen molar-refractivity contribution in [2.24, 2.45) is 0 Å². The fourth-order valence-corrected chi connectivity index (χ4v) is 2.51.